The van der Waals surface area contributed by atoms with Gasteiger partial charge in [0.05, 0.1) is 0 Å². The van der Waals surface area contributed by atoms with Gasteiger partial charge in [-0.25, -0.2) is 8.78 Å². The molecule has 1 aliphatic heterocycles. The van der Waals surface area contributed by atoms with E-state index < -0.39 is 17.7 Å². The van der Waals surface area contributed by atoms with E-state index in [1.807, 2.05) is 6.92 Å². The highest BCUT2D eigenvalue weighted by molar-refractivity contribution is 5.89. The first-order valence-electron chi connectivity index (χ1n) is 7.04. The number of carbonyl (C=O) groups excluding carboxylic acids is 2. The molecule has 0 aromatic heterocycles. The fourth-order valence-corrected chi connectivity index (χ4v) is 2.41. The van der Waals surface area contributed by atoms with Gasteiger partial charge in [-0.05, 0) is 12.5 Å². The Hall–Kier alpha value is -1.98. The summed E-state index contributed by atoms with van der Waals surface area (Å²) in [6, 6.07) is 3.30. The molecule has 0 saturated carbocycles. The van der Waals surface area contributed by atoms with E-state index in [1.54, 1.807) is 0 Å². The molecular formula is C15H18F2N2O2. The molecular weight excluding hydrogens is 278 g/mol. The van der Waals surface area contributed by atoms with E-state index in [-0.39, 0.29) is 36.9 Å². The summed E-state index contributed by atoms with van der Waals surface area (Å²) < 4.78 is 26.9. The van der Waals surface area contributed by atoms with Gasteiger partial charge >= 0.3 is 0 Å². The normalized spacial score (nSPS) is 19.4. The van der Waals surface area contributed by atoms with Crippen molar-refractivity contribution in [3.05, 3.63) is 35.4 Å². The molecule has 0 aliphatic carbocycles. The molecule has 1 aromatic rings. The third kappa shape index (κ3) is 3.56. The van der Waals surface area contributed by atoms with Gasteiger partial charge in [0.2, 0.25) is 11.8 Å². The molecule has 6 heteroatoms. The molecule has 114 valence electrons. The molecule has 1 heterocycles. The second kappa shape index (κ2) is 6.65. The second-order valence-corrected chi connectivity index (χ2v) is 5.13. The molecule has 2 amide bonds. The molecule has 4 nitrogen and oxygen atoms in total. The van der Waals surface area contributed by atoms with Crippen LogP contribution in [0.2, 0.25) is 0 Å². The van der Waals surface area contributed by atoms with Crippen LogP contribution in [0.25, 0.3) is 0 Å². The molecule has 1 unspecified atom stereocenters. The number of benzene rings is 1. The van der Waals surface area contributed by atoms with Crippen molar-refractivity contribution in [1.29, 1.82) is 0 Å². The smallest absolute Gasteiger partial charge is 0.245 e. The van der Waals surface area contributed by atoms with Crippen LogP contribution in [0.3, 0.4) is 0 Å². The Bertz CT molecular complexity index is 548. The van der Waals surface area contributed by atoms with E-state index in [4.69, 9.17) is 0 Å². The SMILES string of the molecule is CCCC1NC(=O)CCN(Cc2cccc(F)c2F)C1=O. The maximum absolute atomic E-state index is 13.7. The van der Waals surface area contributed by atoms with Crippen LogP contribution in [0.15, 0.2) is 18.2 Å². The van der Waals surface area contributed by atoms with E-state index in [1.165, 1.54) is 17.0 Å². The number of hydrogen-bond acceptors (Lipinski definition) is 2. The van der Waals surface area contributed by atoms with Crippen LogP contribution in [0.4, 0.5) is 8.78 Å². The van der Waals surface area contributed by atoms with Crippen LogP contribution in [-0.4, -0.2) is 29.3 Å². The largest absolute Gasteiger partial charge is 0.344 e. The minimum Gasteiger partial charge on any atom is -0.344 e. The monoisotopic (exact) mass is 296 g/mol. The molecule has 1 aromatic carbocycles. The predicted molar refractivity (Wildman–Crippen MR) is 73.2 cm³/mol. The Morgan fingerprint density at radius 1 is 1.33 bits per heavy atom. The molecule has 0 spiro atoms. The summed E-state index contributed by atoms with van der Waals surface area (Å²) in [5.41, 5.74) is 0.118. The number of nitrogens with zero attached hydrogens (tertiary/aromatic N) is 1. The van der Waals surface area contributed by atoms with E-state index in [0.717, 1.165) is 12.5 Å². The zero-order valence-corrected chi connectivity index (χ0v) is 11.9. The summed E-state index contributed by atoms with van der Waals surface area (Å²) in [6.07, 6.45) is 1.45. The summed E-state index contributed by atoms with van der Waals surface area (Å²) in [6.45, 7) is 2.10. The van der Waals surface area contributed by atoms with E-state index in [0.29, 0.717) is 6.42 Å². The van der Waals surface area contributed by atoms with Gasteiger partial charge in [-0.1, -0.05) is 25.5 Å². The van der Waals surface area contributed by atoms with Gasteiger partial charge in [0, 0.05) is 25.1 Å². The van der Waals surface area contributed by atoms with Crippen LogP contribution in [0.5, 0.6) is 0 Å². The highest BCUT2D eigenvalue weighted by Gasteiger charge is 2.29. The molecule has 1 atom stereocenters. The van der Waals surface area contributed by atoms with E-state index in [2.05, 4.69) is 5.32 Å². The summed E-state index contributed by atoms with van der Waals surface area (Å²) in [5, 5.41) is 2.67. The van der Waals surface area contributed by atoms with Gasteiger partial charge in [-0.3, -0.25) is 9.59 Å². The third-order valence-electron chi connectivity index (χ3n) is 3.52. The summed E-state index contributed by atoms with van der Waals surface area (Å²) in [4.78, 5) is 25.4. The maximum atomic E-state index is 13.7. The number of amides is 2. The van der Waals surface area contributed by atoms with Crippen molar-refractivity contribution in [2.45, 2.75) is 38.8 Å². The van der Waals surface area contributed by atoms with Gasteiger partial charge in [0.25, 0.3) is 0 Å². The Morgan fingerprint density at radius 2 is 2.10 bits per heavy atom. The molecule has 1 aliphatic rings. The van der Waals surface area contributed by atoms with Gasteiger partial charge in [0.1, 0.15) is 6.04 Å². The summed E-state index contributed by atoms with van der Waals surface area (Å²) >= 11 is 0. The van der Waals surface area contributed by atoms with Crippen LogP contribution < -0.4 is 5.32 Å². The molecule has 1 N–H and O–H groups in total. The summed E-state index contributed by atoms with van der Waals surface area (Å²) in [7, 11) is 0. The number of rotatable bonds is 4. The van der Waals surface area contributed by atoms with Crippen molar-refractivity contribution < 1.29 is 18.4 Å². The Labute approximate surface area is 122 Å². The molecule has 2 rings (SSSR count). The highest BCUT2D eigenvalue weighted by atomic mass is 19.2. The average Bonchev–Trinajstić information content (AvgIpc) is 2.58. The van der Waals surface area contributed by atoms with Crippen LogP contribution >= 0.6 is 0 Å². The van der Waals surface area contributed by atoms with Crippen molar-refractivity contribution in [2.24, 2.45) is 0 Å². The average molecular weight is 296 g/mol. The van der Waals surface area contributed by atoms with E-state index in [9.17, 15) is 18.4 Å². The lowest BCUT2D eigenvalue weighted by Crippen LogP contribution is -2.44. The quantitative estimate of drug-likeness (QED) is 0.923. The lowest BCUT2D eigenvalue weighted by Gasteiger charge is -2.24. The fraction of sp³-hybridized carbons (Fsp3) is 0.467. The Morgan fingerprint density at radius 3 is 2.81 bits per heavy atom. The molecule has 21 heavy (non-hydrogen) atoms. The van der Waals surface area contributed by atoms with Crippen molar-refractivity contribution in [2.75, 3.05) is 6.54 Å². The lowest BCUT2D eigenvalue weighted by atomic mass is 10.1. The van der Waals surface area contributed by atoms with Crippen molar-refractivity contribution in [3.63, 3.8) is 0 Å². The van der Waals surface area contributed by atoms with Crippen LogP contribution in [-0.2, 0) is 16.1 Å². The molecule has 1 fully saturated rings. The molecule has 0 bridgehead atoms. The first-order valence-corrected chi connectivity index (χ1v) is 7.04. The topological polar surface area (TPSA) is 49.4 Å². The maximum Gasteiger partial charge on any atom is 0.245 e. The van der Waals surface area contributed by atoms with Gasteiger partial charge in [-0.2, -0.15) is 0 Å². The lowest BCUT2D eigenvalue weighted by molar-refractivity contribution is -0.134. The number of hydrogen-bond donors (Lipinski definition) is 1. The number of halogens is 2. The van der Waals surface area contributed by atoms with Gasteiger partial charge in [0.15, 0.2) is 11.6 Å². The Balaban J connectivity index is 2.19. The van der Waals surface area contributed by atoms with Crippen molar-refractivity contribution in [3.8, 4) is 0 Å². The van der Waals surface area contributed by atoms with E-state index >= 15 is 0 Å². The highest BCUT2D eigenvalue weighted by Crippen LogP contribution is 2.16. The number of nitrogens with one attached hydrogen (secondary N) is 1. The zero-order chi connectivity index (χ0) is 15.4. The van der Waals surface area contributed by atoms with Crippen LogP contribution in [0, 0.1) is 11.6 Å². The number of carbonyl (C=O) groups is 2. The first kappa shape index (κ1) is 15.4. The zero-order valence-electron chi connectivity index (χ0n) is 11.9. The third-order valence-corrected chi connectivity index (χ3v) is 3.52. The van der Waals surface area contributed by atoms with Gasteiger partial charge in [-0.15, -0.1) is 0 Å². The van der Waals surface area contributed by atoms with Crippen LogP contribution in [0.1, 0.15) is 31.7 Å². The fourth-order valence-electron chi connectivity index (χ4n) is 2.41. The predicted octanol–water partition coefficient (Wildman–Crippen LogP) is 1.98. The first-order chi connectivity index (χ1) is 10.0. The Kier molecular flexibility index (Phi) is 4.88. The molecule has 1 saturated heterocycles. The van der Waals surface area contributed by atoms with Crippen molar-refractivity contribution >= 4 is 11.8 Å². The van der Waals surface area contributed by atoms with Crippen molar-refractivity contribution in [1.82, 2.24) is 10.2 Å². The molecule has 0 radical (unpaired) electrons. The minimum absolute atomic E-state index is 0.0302. The summed E-state index contributed by atoms with van der Waals surface area (Å²) in [5.74, 6) is -2.31. The van der Waals surface area contributed by atoms with Gasteiger partial charge < -0.3 is 10.2 Å². The standard InChI is InChI=1S/C15H18F2N2O2/c1-2-4-12-15(21)19(8-7-13(20)18-12)9-10-5-3-6-11(16)14(10)17/h3,5-6,12H,2,4,7-9H2,1H3,(H,18,20). The second-order valence-electron chi connectivity index (χ2n) is 5.13. The minimum atomic E-state index is -0.944.